The Morgan fingerprint density at radius 1 is 1.55 bits per heavy atom. The quantitative estimate of drug-likeness (QED) is 0.360. The average molecular weight is 168 g/mol. The lowest BCUT2D eigenvalue weighted by molar-refractivity contribution is -0.611. The van der Waals surface area contributed by atoms with E-state index >= 15 is 0 Å². The summed E-state index contributed by atoms with van der Waals surface area (Å²) in [5.41, 5.74) is 1.94. The predicted molar refractivity (Wildman–Crippen MR) is 45.5 cm³/mol. The topological polar surface area (TPSA) is 26.9 Å². The fourth-order valence-electron chi connectivity index (χ4n) is 1.09. The van der Waals surface area contributed by atoms with Gasteiger partial charge in [-0.2, -0.15) is 4.73 Å². The highest BCUT2D eigenvalue weighted by Gasteiger charge is 2.06. The molecule has 0 aliphatic rings. The molecule has 1 radical (unpaired) electrons. The Morgan fingerprint density at radius 3 is 2.64 bits per heavy atom. The third-order valence-electron chi connectivity index (χ3n) is 1.49. The second-order valence-electron chi connectivity index (χ2n) is 2.41. The minimum atomic E-state index is 0.727. The van der Waals surface area contributed by atoms with Crippen LogP contribution in [0, 0.1) is 25.3 Å². The Kier molecular flexibility index (Phi) is 2.39. The smallest absolute Gasteiger partial charge is 0.294 e. The molecule has 3 heteroatoms. The Labute approximate surface area is 70.8 Å². The van der Waals surface area contributed by atoms with Gasteiger partial charge in [-0.25, -0.2) is 0 Å². The van der Waals surface area contributed by atoms with E-state index in [0.29, 0.717) is 0 Å². The summed E-state index contributed by atoms with van der Waals surface area (Å²) >= 11 is 1.65. The average Bonchev–Trinajstić information content (AvgIpc) is 1.85. The molecule has 0 unspecified atom stereocenters. The number of pyridine rings is 1. The Balaban J connectivity index is 3.25. The van der Waals surface area contributed by atoms with E-state index in [4.69, 9.17) is 0 Å². The van der Waals surface area contributed by atoms with Crippen molar-refractivity contribution in [2.75, 3.05) is 6.26 Å². The molecule has 1 heterocycles. The maximum absolute atomic E-state index is 10.8. The van der Waals surface area contributed by atoms with Crippen molar-refractivity contribution in [3.63, 3.8) is 0 Å². The van der Waals surface area contributed by atoms with Crippen LogP contribution in [0.3, 0.4) is 0 Å². The zero-order valence-corrected chi connectivity index (χ0v) is 7.66. The normalized spacial score (nSPS) is 10.1. The molecule has 0 saturated heterocycles. The molecule has 0 atom stereocenters. The summed E-state index contributed by atoms with van der Waals surface area (Å²) in [6.45, 7) is 3.83. The van der Waals surface area contributed by atoms with Crippen LogP contribution < -0.4 is 4.73 Å². The molecule has 0 spiro atoms. The molecular weight excluding hydrogens is 158 g/mol. The number of rotatable bonds is 1. The largest absolute Gasteiger partial charge is 0.618 e. The van der Waals surface area contributed by atoms with Crippen LogP contribution in [-0.2, 0) is 0 Å². The van der Waals surface area contributed by atoms with E-state index in [-0.39, 0.29) is 0 Å². The van der Waals surface area contributed by atoms with Gasteiger partial charge < -0.3 is 5.21 Å². The lowest BCUT2D eigenvalue weighted by atomic mass is 10.2. The van der Waals surface area contributed by atoms with Gasteiger partial charge in [-0.15, -0.1) is 11.8 Å². The van der Waals surface area contributed by atoms with Crippen LogP contribution in [0.15, 0.2) is 11.1 Å². The molecule has 0 aromatic carbocycles. The van der Waals surface area contributed by atoms with Crippen LogP contribution in [0.4, 0.5) is 0 Å². The lowest BCUT2D eigenvalue weighted by Gasteiger charge is -2.04. The number of hydrogen-bond donors (Lipinski definition) is 0. The number of nitrogens with zero attached hydrogens (tertiary/aromatic N) is 1. The molecule has 0 N–H and O–H groups in total. The summed E-state index contributed by atoms with van der Waals surface area (Å²) in [4.78, 5) is 1.15. The minimum Gasteiger partial charge on any atom is -0.618 e. The summed E-state index contributed by atoms with van der Waals surface area (Å²) in [7, 11) is 0. The van der Waals surface area contributed by atoms with Gasteiger partial charge in [0.05, 0.1) is 0 Å². The van der Waals surface area contributed by atoms with Gasteiger partial charge >= 0.3 is 0 Å². The maximum atomic E-state index is 10.8. The summed E-state index contributed by atoms with van der Waals surface area (Å²) in [5, 5.41) is 10.8. The van der Waals surface area contributed by atoms with Gasteiger partial charge in [-0.1, -0.05) is 0 Å². The van der Waals surface area contributed by atoms with Crippen LogP contribution in [-0.4, -0.2) is 6.26 Å². The van der Waals surface area contributed by atoms with Gasteiger partial charge in [-0.05, 0) is 20.1 Å². The van der Waals surface area contributed by atoms with Gasteiger partial charge in [0.1, 0.15) is 0 Å². The van der Waals surface area contributed by atoms with E-state index < -0.39 is 0 Å². The van der Waals surface area contributed by atoms with Crippen molar-refractivity contribution in [3.05, 3.63) is 28.7 Å². The molecule has 1 rings (SSSR count). The van der Waals surface area contributed by atoms with Crippen LogP contribution >= 0.6 is 11.8 Å². The summed E-state index contributed by atoms with van der Waals surface area (Å²) < 4.78 is 0.727. The lowest BCUT2D eigenvalue weighted by Crippen LogP contribution is -2.26. The van der Waals surface area contributed by atoms with E-state index in [2.05, 4.69) is 6.20 Å². The van der Waals surface area contributed by atoms with E-state index in [1.165, 1.54) is 0 Å². The van der Waals surface area contributed by atoms with Crippen molar-refractivity contribution in [1.82, 2.24) is 0 Å². The number of thioether (sulfide) groups is 1. The molecule has 0 aliphatic heterocycles. The van der Waals surface area contributed by atoms with E-state index in [0.717, 1.165) is 20.8 Å². The summed E-state index contributed by atoms with van der Waals surface area (Å²) in [6, 6.07) is 0. The third kappa shape index (κ3) is 1.66. The van der Waals surface area contributed by atoms with Crippen LogP contribution in [0.1, 0.15) is 11.1 Å². The monoisotopic (exact) mass is 168 g/mol. The Morgan fingerprint density at radius 2 is 2.18 bits per heavy atom. The predicted octanol–water partition coefficient (Wildman–Crippen LogP) is 1.46. The zero-order chi connectivity index (χ0) is 8.43. The highest BCUT2D eigenvalue weighted by molar-refractivity contribution is 7.98. The van der Waals surface area contributed by atoms with Crippen molar-refractivity contribution in [2.24, 2.45) is 0 Å². The maximum Gasteiger partial charge on any atom is 0.294 e. The van der Waals surface area contributed by atoms with Crippen molar-refractivity contribution in [1.29, 1.82) is 0 Å². The van der Waals surface area contributed by atoms with Crippen molar-refractivity contribution in [3.8, 4) is 0 Å². The Hall–Kier alpha value is -0.700. The molecule has 0 saturated carbocycles. The van der Waals surface area contributed by atoms with E-state index in [9.17, 15) is 5.21 Å². The molecule has 1 aromatic rings. The summed E-state index contributed by atoms with van der Waals surface area (Å²) in [6.07, 6.45) is 6.21. The van der Waals surface area contributed by atoms with Gasteiger partial charge in [0.25, 0.3) is 6.20 Å². The molecule has 2 nitrogen and oxygen atoms in total. The standard InChI is InChI=1S/C8H10NOS/c1-6-4-9(10)5-7(2)8(6)11-3/h4H,1-3H3. The fraction of sp³-hybridized carbons (Fsp3) is 0.375. The first kappa shape index (κ1) is 8.40. The molecular formula is C8H10NOS. The van der Waals surface area contributed by atoms with Gasteiger partial charge in [0, 0.05) is 16.0 Å². The molecule has 0 aliphatic carbocycles. The van der Waals surface area contributed by atoms with Gasteiger partial charge in [-0.3, -0.25) is 0 Å². The second-order valence-corrected chi connectivity index (χ2v) is 3.22. The zero-order valence-electron chi connectivity index (χ0n) is 6.84. The Bertz CT molecular complexity index is 250. The van der Waals surface area contributed by atoms with Crippen LogP contribution in [0.5, 0.6) is 0 Å². The van der Waals surface area contributed by atoms with Crippen LogP contribution in [0.2, 0.25) is 0 Å². The molecule has 0 bridgehead atoms. The number of hydrogen-bond acceptors (Lipinski definition) is 2. The SMILES string of the molecule is CSc1c(C)[c][n+]([O-])cc1C. The highest BCUT2D eigenvalue weighted by Crippen LogP contribution is 2.21. The number of aryl methyl sites for hydroxylation is 2. The van der Waals surface area contributed by atoms with E-state index in [1.54, 1.807) is 18.0 Å². The molecule has 11 heavy (non-hydrogen) atoms. The first-order valence-corrected chi connectivity index (χ1v) is 4.54. The molecule has 0 fully saturated rings. The summed E-state index contributed by atoms with van der Waals surface area (Å²) in [5.74, 6) is 0. The fourth-order valence-corrected chi connectivity index (χ4v) is 1.82. The van der Waals surface area contributed by atoms with Crippen LogP contribution in [0.25, 0.3) is 0 Å². The number of aromatic nitrogens is 1. The first-order chi connectivity index (χ1) is 5.15. The third-order valence-corrected chi connectivity index (χ3v) is 2.53. The molecule has 0 amide bonds. The second kappa shape index (κ2) is 3.13. The molecule has 59 valence electrons. The van der Waals surface area contributed by atoms with Crippen molar-refractivity contribution >= 4 is 11.8 Å². The first-order valence-electron chi connectivity index (χ1n) is 3.32. The van der Waals surface area contributed by atoms with Crippen molar-refractivity contribution in [2.45, 2.75) is 18.7 Å². The molecule has 1 aromatic heterocycles. The van der Waals surface area contributed by atoms with Gasteiger partial charge in [0.2, 0.25) is 0 Å². The van der Waals surface area contributed by atoms with E-state index in [1.807, 2.05) is 20.1 Å². The minimum absolute atomic E-state index is 0.727. The highest BCUT2D eigenvalue weighted by atomic mass is 32.2. The van der Waals surface area contributed by atoms with Crippen molar-refractivity contribution < 1.29 is 4.73 Å². The van der Waals surface area contributed by atoms with Gasteiger partial charge in [0.15, 0.2) is 6.20 Å².